The summed E-state index contributed by atoms with van der Waals surface area (Å²) in [5.41, 5.74) is 0.0756. The van der Waals surface area contributed by atoms with Crippen molar-refractivity contribution in [3.05, 3.63) is 23.8 Å². The minimum Gasteiger partial charge on any atom is -0.494 e. The van der Waals surface area contributed by atoms with Gasteiger partial charge in [0.15, 0.2) is 0 Å². The minimum absolute atomic E-state index is 0.0709. The van der Waals surface area contributed by atoms with Crippen LogP contribution < -0.4 is 14.8 Å². The second-order valence-electron chi connectivity index (χ2n) is 6.94. The molecule has 142 valence electrons. The summed E-state index contributed by atoms with van der Waals surface area (Å²) >= 11 is 0. The minimum atomic E-state index is -3.62. The van der Waals surface area contributed by atoms with Crippen LogP contribution in [-0.4, -0.2) is 38.3 Å². The molecule has 0 saturated heterocycles. The number of nitrogens with one attached hydrogen (secondary N) is 2. The van der Waals surface area contributed by atoms with Crippen LogP contribution in [0.5, 0.6) is 5.75 Å². The zero-order valence-corrected chi connectivity index (χ0v) is 16.1. The maximum absolute atomic E-state index is 12.7. The Bertz CT molecular complexity index is 840. The summed E-state index contributed by atoms with van der Waals surface area (Å²) in [5.74, 6) is 1.25. The average molecular weight is 379 g/mol. The smallest absolute Gasteiger partial charge is 0.253 e. The fraction of sp³-hybridized carbons (Fsp3) is 0.556. The van der Waals surface area contributed by atoms with Gasteiger partial charge < -0.3 is 10.1 Å². The van der Waals surface area contributed by atoms with Crippen molar-refractivity contribution in [2.24, 2.45) is 4.99 Å². The zero-order valence-electron chi connectivity index (χ0n) is 15.3. The molecular formula is C18H25N3O4S. The van der Waals surface area contributed by atoms with E-state index in [1.807, 2.05) is 13.8 Å². The van der Waals surface area contributed by atoms with Gasteiger partial charge in [0.05, 0.1) is 11.5 Å². The molecule has 2 aliphatic rings. The molecule has 1 aromatic carbocycles. The lowest BCUT2D eigenvalue weighted by Crippen LogP contribution is -2.47. The summed E-state index contributed by atoms with van der Waals surface area (Å²) in [6, 6.07) is 4.67. The highest BCUT2D eigenvalue weighted by Gasteiger charge is 2.45. The Morgan fingerprint density at radius 2 is 2.00 bits per heavy atom. The lowest BCUT2D eigenvalue weighted by atomic mass is 9.80. The maximum atomic E-state index is 12.7. The Morgan fingerprint density at radius 3 is 2.54 bits per heavy atom. The van der Waals surface area contributed by atoms with E-state index >= 15 is 0 Å². The molecule has 0 radical (unpaired) electrons. The van der Waals surface area contributed by atoms with Gasteiger partial charge in [-0.2, -0.15) is 0 Å². The number of amidine groups is 1. The molecule has 1 spiro atoms. The molecule has 1 aliphatic heterocycles. The number of sulfonamides is 1. The predicted molar refractivity (Wildman–Crippen MR) is 98.9 cm³/mol. The van der Waals surface area contributed by atoms with Crippen molar-refractivity contribution in [2.75, 3.05) is 6.61 Å². The largest absolute Gasteiger partial charge is 0.494 e. The van der Waals surface area contributed by atoms with Crippen LogP contribution in [0.4, 0.5) is 0 Å². The molecule has 1 fully saturated rings. The molecule has 0 bridgehead atoms. The quantitative estimate of drug-likeness (QED) is 0.817. The number of carbonyl (C=O) groups excluding carboxylic acids is 1. The van der Waals surface area contributed by atoms with Crippen LogP contribution in [0.2, 0.25) is 0 Å². The molecule has 0 aromatic heterocycles. The van der Waals surface area contributed by atoms with E-state index in [1.165, 1.54) is 0 Å². The molecule has 1 amide bonds. The van der Waals surface area contributed by atoms with Gasteiger partial charge >= 0.3 is 0 Å². The Kier molecular flexibility index (Phi) is 5.07. The number of rotatable bonds is 5. The van der Waals surface area contributed by atoms with Crippen LogP contribution in [0.3, 0.4) is 0 Å². The summed E-state index contributed by atoms with van der Waals surface area (Å²) in [7, 11) is -3.62. The molecule has 2 N–H and O–H groups in total. The Labute approximate surface area is 154 Å². The van der Waals surface area contributed by atoms with Crippen LogP contribution in [0.15, 0.2) is 28.1 Å². The molecule has 1 aliphatic carbocycles. The summed E-state index contributed by atoms with van der Waals surface area (Å²) < 4.78 is 33.6. The normalized spacial score (nSPS) is 25.9. The maximum Gasteiger partial charge on any atom is 0.253 e. The lowest BCUT2D eigenvalue weighted by molar-refractivity contribution is -0.124. The van der Waals surface area contributed by atoms with E-state index in [0.29, 0.717) is 43.9 Å². The lowest BCUT2D eigenvalue weighted by Gasteiger charge is -2.33. The summed E-state index contributed by atoms with van der Waals surface area (Å²) in [4.78, 5) is 16.8. The van der Waals surface area contributed by atoms with E-state index in [4.69, 9.17) is 4.74 Å². The van der Waals surface area contributed by atoms with Gasteiger partial charge in [-0.1, -0.05) is 0 Å². The third kappa shape index (κ3) is 3.61. The number of nitrogens with zero attached hydrogens (tertiary/aromatic N) is 1. The van der Waals surface area contributed by atoms with E-state index in [9.17, 15) is 13.2 Å². The van der Waals surface area contributed by atoms with Gasteiger partial charge in [-0.15, -0.1) is 0 Å². The third-order valence-corrected chi connectivity index (χ3v) is 6.51. The topological polar surface area (TPSA) is 96.9 Å². The van der Waals surface area contributed by atoms with Crippen LogP contribution in [0.25, 0.3) is 0 Å². The Hall–Kier alpha value is -1.93. The SMILES string of the molecule is CCOc1ccc(S(=O)(=O)NC2CCC3(CC2)N=C(C)NC3=O)cc1C. The number of carbonyl (C=O) groups is 1. The fourth-order valence-corrected chi connectivity index (χ4v) is 5.02. The first kappa shape index (κ1) is 18.8. The van der Waals surface area contributed by atoms with E-state index in [1.54, 1.807) is 25.1 Å². The zero-order chi connectivity index (χ0) is 18.9. The van der Waals surface area contributed by atoms with Crippen LogP contribution >= 0.6 is 0 Å². The second-order valence-corrected chi connectivity index (χ2v) is 8.65. The first-order chi connectivity index (χ1) is 12.3. The molecule has 8 heteroatoms. The Balaban J connectivity index is 1.68. The molecule has 1 aromatic rings. The fourth-order valence-electron chi connectivity index (χ4n) is 3.63. The average Bonchev–Trinajstić information content (AvgIpc) is 2.85. The van der Waals surface area contributed by atoms with E-state index in [2.05, 4.69) is 15.0 Å². The second kappa shape index (κ2) is 7.00. The molecule has 26 heavy (non-hydrogen) atoms. The molecule has 1 saturated carbocycles. The number of hydrogen-bond acceptors (Lipinski definition) is 5. The van der Waals surface area contributed by atoms with Crippen LogP contribution in [0, 0.1) is 6.92 Å². The van der Waals surface area contributed by atoms with Crippen LogP contribution in [-0.2, 0) is 14.8 Å². The first-order valence-corrected chi connectivity index (χ1v) is 10.4. The molecule has 0 atom stereocenters. The van der Waals surface area contributed by atoms with Crippen molar-refractivity contribution in [2.45, 2.75) is 62.9 Å². The summed E-state index contributed by atoms with van der Waals surface area (Å²) in [5, 5.41) is 2.75. The number of ether oxygens (including phenoxy) is 1. The van der Waals surface area contributed by atoms with Crippen molar-refractivity contribution in [1.29, 1.82) is 0 Å². The van der Waals surface area contributed by atoms with Crippen molar-refractivity contribution in [3.63, 3.8) is 0 Å². The van der Waals surface area contributed by atoms with Gasteiger partial charge in [0.2, 0.25) is 10.0 Å². The molecule has 1 heterocycles. The van der Waals surface area contributed by atoms with Gasteiger partial charge in [-0.05, 0) is 70.2 Å². The summed E-state index contributed by atoms with van der Waals surface area (Å²) in [6.07, 6.45) is 2.26. The highest BCUT2D eigenvalue weighted by Crippen LogP contribution is 2.35. The third-order valence-electron chi connectivity index (χ3n) is 4.99. The van der Waals surface area contributed by atoms with Gasteiger partial charge in [-0.25, -0.2) is 13.1 Å². The number of amides is 1. The van der Waals surface area contributed by atoms with Crippen molar-refractivity contribution >= 4 is 21.8 Å². The number of aryl methyl sites for hydroxylation is 1. The van der Waals surface area contributed by atoms with Crippen molar-refractivity contribution in [1.82, 2.24) is 10.0 Å². The number of benzene rings is 1. The monoisotopic (exact) mass is 379 g/mol. The highest BCUT2D eigenvalue weighted by atomic mass is 32.2. The van der Waals surface area contributed by atoms with Crippen molar-refractivity contribution in [3.8, 4) is 5.75 Å². The first-order valence-electron chi connectivity index (χ1n) is 8.89. The molecule has 0 unspecified atom stereocenters. The summed E-state index contributed by atoms with van der Waals surface area (Å²) in [6.45, 7) is 6.02. The van der Waals surface area contributed by atoms with E-state index < -0.39 is 15.6 Å². The number of aliphatic imine (C=N–C) groups is 1. The molecular weight excluding hydrogens is 354 g/mol. The number of hydrogen-bond donors (Lipinski definition) is 2. The van der Waals surface area contributed by atoms with Crippen molar-refractivity contribution < 1.29 is 17.9 Å². The standard InChI is InChI=1S/C18H25N3O4S/c1-4-25-16-6-5-15(11-12(16)2)26(23,24)21-14-7-9-18(10-8-14)17(22)19-13(3)20-18/h5-6,11,14,21H,4,7-10H2,1-3H3,(H,19,20,22). The predicted octanol–water partition coefficient (Wildman–Crippen LogP) is 1.90. The molecule has 7 nitrogen and oxygen atoms in total. The van der Waals surface area contributed by atoms with Crippen LogP contribution in [0.1, 0.15) is 45.1 Å². The van der Waals surface area contributed by atoms with Gasteiger partial charge in [0, 0.05) is 6.04 Å². The van der Waals surface area contributed by atoms with Gasteiger partial charge in [0.25, 0.3) is 5.91 Å². The van der Waals surface area contributed by atoms with Gasteiger partial charge in [0.1, 0.15) is 17.1 Å². The Morgan fingerprint density at radius 1 is 1.31 bits per heavy atom. The van der Waals surface area contributed by atoms with E-state index in [0.717, 1.165) is 5.56 Å². The van der Waals surface area contributed by atoms with Gasteiger partial charge in [-0.3, -0.25) is 9.79 Å². The van der Waals surface area contributed by atoms with E-state index in [-0.39, 0.29) is 16.8 Å². The molecule has 3 rings (SSSR count). The highest BCUT2D eigenvalue weighted by molar-refractivity contribution is 7.89.